The van der Waals surface area contributed by atoms with E-state index in [0.717, 1.165) is 32.1 Å². The van der Waals surface area contributed by atoms with Crippen LogP contribution < -0.4 is 0 Å². The topological polar surface area (TPSA) is 40.5 Å². The molecule has 2 heteroatoms. The largest absolute Gasteiger partial charge is 0.396 e. The molecule has 0 aromatic carbocycles. The van der Waals surface area contributed by atoms with Crippen LogP contribution in [0.4, 0.5) is 0 Å². The van der Waals surface area contributed by atoms with Gasteiger partial charge in [0.05, 0.1) is 6.10 Å². The Morgan fingerprint density at radius 3 is 2.43 bits per heavy atom. The molecule has 82 valence electrons. The van der Waals surface area contributed by atoms with Gasteiger partial charge in [0, 0.05) is 6.61 Å². The van der Waals surface area contributed by atoms with Gasteiger partial charge in [-0.05, 0) is 19.8 Å². The lowest BCUT2D eigenvalue weighted by Gasteiger charge is -2.04. The van der Waals surface area contributed by atoms with Gasteiger partial charge in [-0.3, -0.25) is 0 Å². The number of allylic oxidation sites excluding steroid dienone is 3. The molecule has 0 saturated heterocycles. The van der Waals surface area contributed by atoms with Crippen LogP contribution >= 0.6 is 0 Å². The van der Waals surface area contributed by atoms with Crippen molar-refractivity contribution < 1.29 is 10.2 Å². The van der Waals surface area contributed by atoms with E-state index in [1.165, 1.54) is 0 Å². The van der Waals surface area contributed by atoms with Crippen molar-refractivity contribution in [2.24, 2.45) is 0 Å². The maximum absolute atomic E-state index is 9.46. The fourth-order valence-electron chi connectivity index (χ4n) is 1.22. The summed E-state index contributed by atoms with van der Waals surface area (Å²) in [5.74, 6) is 0. The zero-order chi connectivity index (χ0) is 10.6. The first-order valence-corrected chi connectivity index (χ1v) is 5.39. The van der Waals surface area contributed by atoms with E-state index in [4.69, 9.17) is 5.11 Å². The standard InChI is InChI=1S/C12H22O2/c1-2-3-6-9-12(14)10-7-4-5-8-11-13/h2-3,6,9,12-14H,4-5,7-8,10-11H2,1H3/b3-2+,9-6+. The van der Waals surface area contributed by atoms with Gasteiger partial charge in [0.15, 0.2) is 0 Å². The third-order valence-electron chi connectivity index (χ3n) is 2.04. The predicted molar refractivity (Wildman–Crippen MR) is 60.1 cm³/mol. The predicted octanol–water partition coefficient (Wildman–Crippen LogP) is 2.42. The van der Waals surface area contributed by atoms with Gasteiger partial charge >= 0.3 is 0 Å². The Labute approximate surface area is 87.0 Å². The summed E-state index contributed by atoms with van der Waals surface area (Å²) >= 11 is 0. The number of hydrogen-bond donors (Lipinski definition) is 2. The summed E-state index contributed by atoms with van der Waals surface area (Å²) in [6.07, 6.45) is 12.1. The van der Waals surface area contributed by atoms with Crippen molar-refractivity contribution in [3.05, 3.63) is 24.3 Å². The lowest BCUT2D eigenvalue weighted by atomic mass is 10.1. The lowest BCUT2D eigenvalue weighted by molar-refractivity contribution is 0.207. The molecule has 0 fully saturated rings. The van der Waals surface area contributed by atoms with E-state index in [2.05, 4.69) is 0 Å². The molecule has 0 rings (SSSR count). The SMILES string of the molecule is C/C=C/C=C/C(O)CCCCCCO. The molecular weight excluding hydrogens is 176 g/mol. The first kappa shape index (κ1) is 13.4. The average molecular weight is 198 g/mol. The van der Waals surface area contributed by atoms with E-state index in [1.807, 2.05) is 31.2 Å². The second kappa shape index (κ2) is 10.5. The van der Waals surface area contributed by atoms with Crippen molar-refractivity contribution in [1.82, 2.24) is 0 Å². The maximum atomic E-state index is 9.46. The first-order valence-electron chi connectivity index (χ1n) is 5.39. The van der Waals surface area contributed by atoms with Gasteiger partial charge < -0.3 is 10.2 Å². The van der Waals surface area contributed by atoms with Crippen LogP contribution in [0.2, 0.25) is 0 Å². The Hall–Kier alpha value is -0.600. The molecule has 0 aliphatic carbocycles. The highest BCUT2D eigenvalue weighted by Gasteiger charge is 1.97. The van der Waals surface area contributed by atoms with Crippen molar-refractivity contribution in [1.29, 1.82) is 0 Å². The van der Waals surface area contributed by atoms with E-state index in [0.29, 0.717) is 0 Å². The van der Waals surface area contributed by atoms with Crippen LogP contribution in [0.25, 0.3) is 0 Å². The minimum atomic E-state index is -0.319. The van der Waals surface area contributed by atoms with Crippen molar-refractivity contribution >= 4 is 0 Å². The van der Waals surface area contributed by atoms with Crippen LogP contribution in [0.15, 0.2) is 24.3 Å². The lowest BCUT2D eigenvalue weighted by Crippen LogP contribution is -2.01. The molecule has 14 heavy (non-hydrogen) atoms. The minimum absolute atomic E-state index is 0.281. The third kappa shape index (κ3) is 9.49. The summed E-state index contributed by atoms with van der Waals surface area (Å²) in [4.78, 5) is 0. The van der Waals surface area contributed by atoms with Crippen LogP contribution in [-0.4, -0.2) is 22.9 Å². The summed E-state index contributed by atoms with van der Waals surface area (Å²) in [5.41, 5.74) is 0. The Kier molecular flexibility index (Phi) is 10.0. The Morgan fingerprint density at radius 1 is 1.07 bits per heavy atom. The van der Waals surface area contributed by atoms with E-state index in [9.17, 15) is 5.11 Å². The normalized spacial score (nSPS) is 14.2. The number of aliphatic hydroxyl groups is 2. The van der Waals surface area contributed by atoms with Gasteiger partial charge in [0.1, 0.15) is 0 Å². The van der Waals surface area contributed by atoms with E-state index >= 15 is 0 Å². The summed E-state index contributed by atoms with van der Waals surface area (Å²) in [6, 6.07) is 0. The van der Waals surface area contributed by atoms with Crippen LogP contribution in [0, 0.1) is 0 Å². The Bertz CT molecular complexity index is 162. The quantitative estimate of drug-likeness (QED) is 0.464. The van der Waals surface area contributed by atoms with Crippen molar-refractivity contribution in [2.75, 3.05) is 6.61 Å². The van der Waals surface area contributed by atoms with Gasteiger partial charge in [-0.1, -0.05) is 43.6 Å². The molecule has 0 spiro atoms. The van der Waals surface area contributed by atoms with Gasteiger partial charge in [-0.15, -0.1) is 0 Å². The van der Waals surface area contributed by atoms with Crippen molar-refractivity contribution in [3.63, 3.8) is 0 Å². The van der Waals surface area contributed by atoms with Crippen molar-refractivity contribution in [3.8, 4) is 0 Å². The van der Waals surface area contributed by atoms with Crippen LogP contribution in [0.1, 0.15) is 39.0 Å². The van der Waals surface area contributed by atoms with E-state index in [1.54, 1.807) is 0 Å². The van der Waals surface area contributed by atoms with Gasteiger partial charge in [-0.25, -0.2) is 0 Å². The second-order valence-electron chi connectivity index (χ2n) is 3.40. The number of rotatable bonds is 8. The molecular formula is C12H22O2. The molecule has 0 aliphatic rings. The molecule has 0 aromatic heterocycles. The van der Waals surface area contributed by atoms with Gasteiger partial charge in [0.25, 0.3) is 0 Å². The molecule has 0 aromatic rings. The van der Waals surface area contributed by atoms with Crippen LogP contribution in [-0.2, 0) is 0 Å². The third-order valence-corrected chi connectivity index (χ3v) is 2.04. The highest BCUT2D eigenvalue weighted by Crippen LogP contribution is 2.06. The molecule has 1 atom stereocenters. The van der Waals surface area contributed by atoms with Crippen LogP contribution in [0.5, 0.6) is 0 Å². The highest BCUT2D eigenvalue weighted by molar-refractivity contribution is 5.03. The second-order valence-corrected chi connectivity index (χ2v) is 3.40. The molecule has 1 unspecified atom stereocenters. The molecule has 0 radical (unpaired) electrons. The number of aliphatic hydroxyl groups excluding tert-OH is 2. The zero-order valence-electron chi connectivity index (χ0n) is 9.02. The number of hydrogen-bond acceptors (Lipinski definition) is 2. The summed E-state index contributed by atoms with van der Waals surface area (Å²) in [7, 11) is 0. The summed E-state index contributed by atoms with van der Waals surface area (Å²) < 4.78 is 0. The fraction of sp³-hybridized carbons (Fsp3) is 0.667. The molecule has 0 saturated carbocycles. The molecule has 2 nitrogen and oxygen atoms in total. The maximum Gasteiger partial charge on any atom is 0.0723 e. The fourth-order valence-corrected chi connectivity index (χ4v) is 1.22. The monoisotopic (exact) mass is 198 g/mol. The highest BCUT2D eigenvalue weighted by atomic mass is 16.3. The Morgan fingerprint density at radius 2 is 1.79 bits per heavy atom. The van der Waals surface area contributed by atoms with Gasteiger partial charge in [0.2, 0.25) is 0 Å². The van der Waals surface area contributed by atoms with Crippen LogP contribution in [0.3, 0.4) is 0 Å². The minimum Gasteiger partial charge on any atom is -0.396 e. The van der Waals surface area contributed by atoms with E-state index < -0.39 is 0 Å². The van der Waals surface area contributed by atoms with E-state index in [-0.39, 0.29) is 12.7 Å². The molecule has 0 bridgehead atoms. The summed E-state index contributed by atoms with van der Waals surface area (Å²) in [5, 5.41) is 18.0. The molecule has 0 aliphatic heterocycles. The number of unbranched alkanes of at least 4 members (excludes halogenated alkanes) is 3. The molecule has 2 N–H and O–H groups in total. The van der Waals surface area contributed by atoms with Crippen molar-refractivity contribution in [2.45, 2.75) is 45.1 Å². The molecule has 0 amide bonds. The zero-order valence-corrected chi connectivity index (χ0v) is 9.02. The first-order chi connectivity index (χ1) is 6.81. The smallest absolute Gasteiger partial charge is 0.0723 e. The summed E-state index contributed by atoms with van der Waals surface area (Å²) in [6.45, 7) is 2.23. The average Bonchev–Trinajstić information content (AvgIpc) is 2.18. The Balaban J connectivity index is 3.30. The molecule has 0 heterocycles. The van der Waals surface area contributed by atoms with Gasteiger partial charge in [-0.2, -0.15) is 0 Å².